The molecule has 1 aromatic heterocycles. The molecule has 1 aliphatic rings. The van der Waals surface area contributed by atoms with Gasteiger partial charge in [0.05, 0.1) is 9.35 Å². The van der Waals surface area contributed by atoms with E-state index in [0.717, 1.165) is 6.20 Å². The Morgan fingerprint density at radius 2 is 2.30 bits per heavy atom. The van der Waals surface area contributed by atoms with Crippen LogP contribution in [0.15, 0.2) is 24.4 Å². The van der Waals surface area contributed by atoms with Gasteiger partial charge in [0.25, 0.3) is 0 Å². The fourth-order valence-corrected chi connectivity index (χ4v) is 2.40. The van der Waals surface area contributed by atoms with Crippen molar-refractivity contribution < 1.29 is 23.9 Å². The average molecular weight is 286 g/mol. The van der Waals surface area contributed by atoms with Crippen LogP contribution < -0.4 is 4.74 Å². The number of hydrogen-bond donors (Lipinski definition) is 0. The van der Waals surface area contributed by atoms with Crippen molar-refractivity contribution in [3.63, 3.8) is 0 Å². The van der Waals surface area contributed by atoms with Crippen LogP contribution >= 0.6 is 0 Å². The van der Waals surface area contributed by atoms with Gasteiger partial charge in [-0.15, -0.1) is 0 Å². The molecule has 20 heavy (non-hydrogen) atoms. The molecule has 3 rings (SSSR count). The van der Waals surface area contributed by atoms with Crippen LogP contribution in [0.25, 0.3) is 10.9 Å². The molecule has 0 saturated heterocycles. The van der Waals surface area contributed by atoms with Crippen LogP contribution in [-0.4, -0.2) is 35.6 Å². The van der Waals surface area contributed by atoms with Gasteiger partial charge in [-0.1, -0.05) is 0 Å². The maximum Gasteiger partial charge on any atom is 0.123 e. The first-order valence-electron chi connectivity index (χ1n) is 13.3. The molecule has 3 heteroatoms. The number of aromatic nitrogens is 1. The highest BCUT2D eigenvalue weighted by molar-refractivity contribution is 5.86. The number of aryl methyl sites for hydroxylation is 1. The highest BCUT2D eigenvalue weighted by atomic mass is 16.5. The summed E-state index contributed by atoms with van der Waals surface area (Å²) < 4.78 is 119. The molecular weight excluding hydrogens is 248 g/mol. The van der Waals surface area contributed by atoms with E-state index in [2.05, 4.69) is 0 Å². The van der Waals surface area contributed by atoms with Crippen LogP contribution in [0.5, 0.6) is 5.75 Å². The summed E-state index contributed by atoms with van der Waals surface area (Å²) in [5.74, 6) is 0.543. The van der Waals surface area contributed by atoms with E-state index in [1.54, 1.807) is 0 Å². The zero-order valence-corrected chi connectivity index (χ0v) is 10.7. The van der Waals surface area contributed by atoms with Crippen LogP contribution in [0.1, 0.15) is 44.9 Å². The van der Waals surface area contributed by atoms with E-state index in [1.807, 2.05) is 0 Å². The van der Waals surface area contributed by atoms with Gasteiger partial charge in [-0.25, -0.2) is 0 Å². The van der Waals surface area contributed by atoms with E-state index < -0.39 is 44.6 Å². The summed E-state index contributed by atoms with van der Waals surface area (Å²) >= 11 is 0. The van der Waals surface area contributed by atoms with Crippen molar-refractivity contribution >= 4 is 10.9 Å². The summed E-state index contributed by atoms with van der Waals surface area (Å²) in [6.07, 6.45) is 2.34. The summed E-state index contributed by atoms with van der Waals surface area (Å²) in [7, 11) is 0. The highest BCUT2D eigenvalue weighted by Crippen LogP contribution is 2.33. The number of ether oxygens (including phenoxy) is 1. The molecule has 0 unspecified atom stereocenters. The molecule has 0 bridgehead atoms. The molecule has 2 heterocycles. The van der Waals surface area contributed by atoms with Crippen LogP contribution in [0, 0.1) is 0 Å². The van der Waals surface area contributed by atoms with Gasteiger partial charge in [0, 0.05) is 51.1 Å². The van der Waals surface area contributed by atoms with Gasteiger partial charge in [0.1, 0.15) is 5.75 Å². The molecule has 2 aromatic rings. The third-order valence-corrected chi connectivity index (χ3v) is 3.39. The lowest BCUT2D eigenvalue weighted by Gasteiger charge is -2.33. The Labute approximate surface area is 140 Å². The zero-order chi connectivity index (χ0) is 26.1. The fourth-order valence-electron chi connectivity index (χ4n) is 2.40. The molecule has 0 fully saturated rings. The summed E-state index contributed by atoms with van der Waals surface area (Å²) in [4.78, 5) is -0.652. The van der Waals surface area contributed by atoms with Gasteiger partial charge < -0.3 is 14.2 Å². The molecule has 0 spiro atoms. The van der Waals surface area contributed by atoms with E-state index in [9.17, 15) is 0 Å². The first-order valence-corrected chi connectivity index (χ1v) is 6.26. The maximum atomic E-state index is 8.85. The molecule has 0 amide bonds. The minimum Gasteiger partial charge on any atom is -0.493 e. The SMILES string of the molecule is [2H]C([2H])([2H])N(C([2H])([2H])[2H])C(C([2H])([2H])[2H])(C([2H])([2H])[2H])C([2H])([2H])n1ccc2c3c(ccc21)OCCC3. The molecule has 0 N–H and O–H groups in total. The summed E-state index contributed by atoms with van der Waals surface area (Å²) in [6.45, 7) is -18.6. The quantitative estimate of drug-likeness (QED) is 0.861. The predicted octanol–water partition coefficient (Wildman–Crippen LogP) is 3.31. The van der Waals surface area contributed by atoms with Crippen molar-refractivity contribution in [2.24, 2.45) is 0 Å². The molecule has 0 saturated carbocycles. The molecule has 0 aliphatic carbocycles. The van der Waals surface area contributed by atoms with Crippen LogP contribution in [0.2, 0.25) is 0 Å². The standard InChI is InChI=1S/C17H24N2O/c1-17(2,18(3)4)12-19-10-9-13-14-6-5-11-20-16(14)8-7-15(13)19/h7-10H,5-6,11-12H2,1-4H3/i1D3,2D3,3D3,4D3,12D2. The number of fused-ring (bicyclic) bond motifs is 3. The number of likely N-dealkylation sites (N-methyl/N-ethyl adjacent to an activating group) is 1. The second-order valence-corrected chi connectivity index (χ2v) is 4.77. The first-order chi connectivity index (χ1) is 15.2. The summed E-state index contributed by atoms with van der Waals surface area (Å²) in [5.41, 5.74) is -3.22. The predicted molar refractivity (Wildman–Crippen MR) is 83.5 cm³/mol. The lowest BCUT2D eigenvalue weighted by molar-refractivity contribution is 0.171. The smallest absolute Gasteiger partial charge is 0.123 e. The van der Waals surface area contributed by atoms with Crippen molar-refractivity contribution in [2.75, 3.05) is 20.6 Å². The Bertz CT molecular complexity index is 1030. The Morgan fingerprint density at radius 1 is 1.40 bits per heavy atom. The third-order valence-electron chi connectivity index (χ3n) is 3.39. The second-order valence-electron chi connectivity index (χ2n) is 4.77. The van der Waals surface area contributed by atoms with Gasteiger partial charge in [0.15, 0.2) is 0 Å². The van der Waals surface area contributed by atoms with E-state index in [-0.39, 0.29) is 5.52 Å². The molecule has 1 aromatic carbocycles. The molecule has 0 atom stereocenters. The van der Waals surface area contributed by atoms with E-state index in [4.69, 9.17) is 23.9 Å². The van der Waals surface area contributed by atoms with E-state index in [1.165, 1.54) is 18.2 Å². The fraction of sp³-hybridized carbons (Fsp3) is 0.529. The van der Waals surface area contributed by atoms with Crippen molar-refractivity contribution in [2.45, 2.75) is 38.6 Å². The third kappa shape index (κ3) is 2.20. The molecule has 3 nitrogen and oxygen atoms in total. The Hall–Kier alpha value is -1.48. The van der Waals surface area contributed by atoms with E-state index >= 15 is 0 Å². The first kappa shape index (κ1) is 4.77. The lowest BCUT2D eigenvalue weighted by atomic mass is 10.0. The van der Waals surface area contributed by atoms with Crippen molar-refractivity contribution in [3.05, 3.63) is 30.0 Å². The second kappa shape index (κ2) is 4.81. The largest absolute Gasteiger partial charge is 0.493 e. The molecular formula is C17H24N2O. The van der Waals surface area contributed by atoms with E-state index in [0.29, 0.717) is 40.7 Å². The lowest BCUT2D eigenvalue weighted by Crippen LogP contribution is -2.41. The van der Waals surface area contributed by atoms with Crippen molar-refractivity contribution in [1.82, 2.24) is 9.47 Å². The van der Waals surface area contributed by atoms with Gasteiger partial charge in [-0.3, -0.25) is 0 Å². The molecule has 108 valence electrons. The summed E-state index contributed by atoms with van der Waals surface area (Å²) in [6, 6.07) is 4.37. The Balaban J connectivity index is 2.45. The number of nitrogens with zero attached hydrogens (tertiary/aromatic N) is 2. The number of benzene rings is 1. The Kier molecular flexibility index (Phi) is 1.15. The van der Waals surface area contributed by atoms with Gasteiger partial charge in [0.2, 0.25) is 0 Å². The van der Waals surface area contributed by atoms with Crippen molar-refractivity contribution in [1.29, 1.82) is 0 Å². The Morgan fingerprint density at radius 3 is 3.10 bits per heavy atom. The summed E-state index contributed by atoms with van der Waals surface area (Å²) in [5, 5.41) is 0.459. The zero-order valence-electron chi connectivity index (χ0n) is 24.7. The van der Waals surface area contributed by atoms with Crippen LogP contribution in [0.4, 0.5) is 0 Å². The molecule has 1 aliphatic heterocycles. The molecule has 0 radical (unpaired) electrons. The minimum atomic E-state index is -4.00. The number of hydrogen-bond acceptors (Lipinski definition) is 2. The minimum absolute atomic E-state index is 0.0724. The van der Waals surface area contributed by atoms with Gasteiger partial charge in [-0.05, 0) is 58.7 Å². The maximum absolute atomic E-state index is 8.85. The van der Waals surface area contributed by atoms with Crippen LogP contribution in [-0.2, 0) is 12.9 Å². The topological polar surface area (TPSA) is 17.4 Å². The van der Waals surface area contributed by atoms with Crippen molar-refractivity contribution in [3.8, 4) is 5.75 Å². The number of rotatable bonds is 3. The highest BCUT2D eigenvalue weighted by Gasteiger charge is 2.22. The van der Waals surface area contributed by atoms with Crippen LogP contribution in [0.3, 0.4) is 0 Å². The van der Waals surface area contributed by atoms with Gasteiger partial charge in [-0.2, -0.15) is 0 Å². The normalized spacial score (nSPS) is 29.1. The average Bonchev–Trinajstić information content (AvgIpc) is 3.07. The van der Waals surface area contributed by atoms with Gasteiger partial charge >= 0.3 is 0 Å². The monoisotopic (exact) mass is 286 g/mol.